The Labute approximate surface area is 121 Å². The quantitative estimate of drug-likeness (QED) is 0.937. The lowest BCUT2D eigenvalue weighted by Crippen LogP contribution is -2.40. The summed E-state index contributed by atoms with van der Waals surface area (Å²) in [5, 5.41) is 4.99. The number of carbonyl (C=O) groups excluding carboxylic acids is 1. The van der Waals surface area contributed by atoms with Gasteiger partial charge in [0.05, 0.1) is 24.1 Å². The predicted octanol–water partition coefficient (Wildman–Crippen LogP) is 2.13. The average molecular weight is 288 g/mol. The van der Waals surface area contributed by atoms with Gasteiger partial charge in [0.1, 0.15) is 0 Å². The zero-order chi connectivity index (χ0) is 13.8. The van der Waals surface area contributed by atoms with Crippen molar-refractivity contribution in [3.8, 4) is 0 Å². The molecule has 104 valence electrons. The number of rotatable bonds is 4. The Hall–Kier alpha value is -1.72. The van der Waals surface area contributed by atoms with Crippen LogP contribution in [0.25, 0.3) is 0 Å². The largest absolute Gasteiger partial charge is 0.379 e. The van der Waals surface area contributed by atoms with Crippen LogP contribution in [0.3, 0.4) is 0 Å². The molecule has 0 saturated carbocycles. The summed E-state index contributed by atoms with van der Waals surface area (Å²) in [7, 11) is 0. The van der Waals surface area contributed by atoms with Gasteiger partial charge in [0, 0.05) is 18.3 Å². The Morgan fingerprint density at radius 2 is 2.20 bits per heavy atom. The van der Waals surface area contributed by atoms with Crippen molar-refractivity contribution in [3.05, 3.63) is 52.5 Å². The van der Waals surface area contributed by atoms with Crippen LogP contribution in [0.5, 0.6) is 0 Å². The first-order chi connectivity index (χ1) is 9.83. The highest BCUT2D eigenvalue weighted by molar-refractivity contribution is 7.12. The molecule has 0 aliphatic carbocycles. The summed E-state index contributed by atoms with van der Waals surface area (Å²) in [6.45, 7) is 1.28. The van der Waals surface area contributed by atoms with Crippen molar-refractivity contribution in [3.63, 3.8) is 0 Å². The first-order valence-corrected chi connectivity index (χ1v) is 7.52. The number of nitrogens with zero attached hydrogens (tertiary/aromatic N) is 1. The van der Waals surface area contributed by atoms with Gasteiger partial charge in [0.15, 0.2) is 0 Å². The molecule has 2 aromatic rings. The van der Waals surface area contributed by atoms with Crippen LogP contribution in [-0.2, 0) is 11.2 Å². The third-order valence-electron chi connectivity index (χ3n) is 3.51. The van der Waals surface area contributed by atoms with E-state index in [0.29, 0.717) is 19.1 Å². The monoisotopic (exact) mass is 288 g/mol. The molecule has 4 nitrogen and oxygen atoms in total. The van der Waals surface area contributed by atoms with Crippen LogP contribution in [0.2, 0.25) is 0 Å². The maximum Gasteiger partial charge on any atom is 0.261 e. The summed E-state index contributed by atoms with van der Waals surface area (Å²) in [6.07, 6.45) is 4.49. The number of amides is 1. The van der Waals surface area contributed by atoms with Crippen molar-refractivity contribution in [1.29, 1.82) is 0 Å². The number of thiophene rings is 1. The topological polar surface area (TPSA) is 51.2 Å². The molecule has 20 heavy (non-hydrogen) atoms. The van der Waals surface area contributed by atoms with Gasteiger partial charge in [-0.05, 0) is 35.6 Å². The second-order valence-corrected chi connectivity index (χ2v) is 5.86. The minimum absolute atomic E-state index is 0.00442. The molecule has 0 spiro atoms. The molecule has 1 aliphatic heterocycles. The third-order valence-corrected chi connectivity index (χ3v) is 4.38. The van der Waals surface area contributed by atoms with Crippen molar-refractivity contribution in [2.45, 2.75) is 12.5 Å². The van der Waals surface area contributed by atoms with Gasteiger partial charge in [-0.2, -0.15) is 0 Å². The molecule has 0 radical (unpaired) electrons. The van der Waals surface area contributed by atoms with Gasteiger partial charge in [-0.25, -0.2) is 0 Å². The molecule has 1 aliphatic rings. The molecule has 1 N–H and O–H groups in total. The van der Waals surface area contributed by atoms with Gasteiger partial charge in [0.2, 0.25) is 0 Å². The lowest BCUT2D eigenvalue weighted by atomic mass is 9.95. The summed E-state index contributed by atoms with van der Waals surface area (Å²) in [4.78, 5) is 16.9. The maximum atomic E-state index is 12.1. The van der Waals surface area contributed by atoms with E-state index < -0.39 is 0 Å². The molecule has 0 bridgehead atoms. The van der Waals surface area contributed by atoms with E-state index in [2.05, 4.69) is 10.3 Å². The summed E-state index contributed by atoms with van der Waals surface area (Å²) >= 11 is 1.46. The summed E-state index contributed by atoms with van der Waals surface area (Å²) in [6, 6.07) is 7.83. The smallest absolute Gasteiger partial charge is 0.261 e. The Bertz CT molecular complexity index is 557. The van der Waals surface area contributed by atoms with Crippen molar-refractivity contribution in [2.75, 3.05) is 13.2 Å². The van der Waals surface area contributed by atoms with Gasteiger partial charge in [0.25, 0.3) is 5.91 Å². The molecule has 5 heteroatoms. The molecular formula is C15H16N2O2S. The van der Waals surface area contributed by atoms with E-state index in [-0.39, 0.29) is 11.9 Å². The molecule has 0 unspecified atom stereocenters. The molecule has 1 saturated heterocycles. The Balaban J connectivity index is 1.62. The zero-order valence-corrected chi connectivity index (χ0v) is 11.8. The Kier molecular flexibility index (Phi) is 4.08. The standard InChI is InChI=1S/C15H16N2O2S/c18-15(14-2-1-7-20-14)17-13-10-19-9-12(13)8-11-3-5-16-6-4-11/h1-7,12-13H,8-10H2,(H,17,18)/t12-,13-/m1/s1. The van der Waals surface area contributed by atoms with Crippen LogP contribution >= 0.6 is 11.3 Å². The predicted molar refractivity (Wildman–Crippen MR) is 77.8 cm³/mol. The maximum absolute atomic E-state index is 12.1. The molecule has 3 heterocycles. The number of aromatic nitrogens is 1. The summed E-state index contributed by atoms with van der Waals surface area (Å²) < 4.78 is 5.53. The molecule has 2 atom stereocenters. The van der Waals surface area contributed by atoms with E-state index in [9.17, 15) is 4.79 Å². The van der Waals surface area contributed by atoms with Crippen molar-refractivity contribution >= 4 is 17.2 Å². The van der Waals surface area contributed by atoms with Crippen LogP contribution in [0.1, 0.15) is 15.2 Å². The minimum Gasteiger partial charge on any atom is -0.379 e. The number of hydrogen-bond acceptors (Lipinski definition) is 4. The number of hydrogen-bond donors (Lipinski definition) is 1. The van der Waals surface area contributed by atoms with Crippen LogP contribution in [0.4, 0.5) is 0 Å². The first-order valence-electron chi connectivity index (χ1n) is 6.64. The van der Waals surface area contributed by atoms with Crippen molar-refractivity contribution < 1.29 is 9.53 Å². The number of pyridine rings is 1. The molecule has 3 rings (SSSR count). The van der Waals surface area contributed by atoms with Crippen LogP contribution in [-0.4, -0.2) is 30.1 Å². The van der Waals surface area contributed by atoms with Crippen LogP contribution < -0.4 is 5.32 Å². The number of carbonyl (C=O) groups is 1. The highest BCUT2D eigenvalue weighted by atomic mass is 32.1. The van der Waals surface area contributed by atoms with E-state index in [1.165, 1.54) is 16.9 Å². The molecular weight excluding hydrogens is 272 g/mol. The van der Waals surface area contributed by atoms with Gasteiger partial charge in [-0.3, -0.25) is 9.78 Å². The normalized spacial score (nSPS) is 21.8. The molecule has 1 fully saturated rings. The van der Waals surface area contributed by atoms with E-state index in [0.717, 1.165) is 11.3 Å². The molecule has 1 amide bonds. The molecule has 2 aromatic heterocycles. The van der Waals surface area contributed by atoms with E-state index in [1.54, 1.807) is 12.4 Å². The van der Waals surface area contributed by atoms with Gasteiger partial charge >= 0.3 is 0 Å². The molecule has 0 aromatic carbocycles. The number of ether oxygens (including phenoxy) is 1. The fourth-order valence-corrected chi connectivity index (χ4v) is 3.06. The first kappa shape index (κ1) is 13.3. The Morgan fingerprint density at radius 1 is 1.35 bits per heavy atom. The van der Waals surface area contributed by atoms with E-state index in [1.807, 2.05) is 29.6 Å². The lowest BCUT2D eigenvalue weighted by molar-refractivity contribution is 0.0929. The van der Waals surface area contributed by atoms with Crippen molar-refractivity contribution in [2.24, 2.45) is 5.92 Å². The second-order valence-electron chi connectivity index (χ2n) is 4.91. The van der Waals surface area contributed by atoms with Crippen molar-refractivity contribution in [1.82, 2.24) is 10.3 Å². The average Bonchev–Trinajstić information content (AvgIpc) is 3.12. The zero-order valence-electron chi connectivity index (χ0n) is 11.0. The van der Waals surface area contributed by atoms with E-state index in [4.69, 9.17) is 4.74 Å². The third kappa shape index (κ3) is 3.05. The minimum atomic E-state index is -0.00442. The highest BCUT2D eigenvalue weighted by Crippen LogP contribution is 2.20. The highest BCUT2D eigenvalue weighted by Gasteiger charge is 2.30. The van der Waals surface area contributed by atoms with Gasteiger partial charge in [-0.1, -0.05) is 6.07 Å². The fraction of sp³-hybridized carbons (Fsp3) is 0.333. The van der Waals surface area contributed by atoms with Crippen LogP contribution in [0, 0.1) is 5.92 Å². The summed E-state index contributed by atoms with van der Waals surface area (Å²) in [5.41, 5.74) is 1.23. The second kappa shape index (κ2) is 6.15. The van der Waals surface area contributed by atoms with Gasteiger partial charge < -0.3 is 10.1 Å². The van der Waals surface area contributed by atoms with E-state index >= 15 is 0 Å². The SMILES string of the molecule is O=C(N[C@@H]1COC[C@H]1Cc1ccncc1)c1cccs1. The van der Waals surface area contributed by atoms with Crippen LogP contribution in [0.15, 0.2) is 42.0 Å². The Morgan fingerprint density at radius 3 is 2.95 bits per heavy atom. The number of nitrogens with one attached hydrogen (secondary N) is 1. The summed E-state index contributed by atoms with van der Waals surface area (Å²) in [5.74, 6) is 0.316. The lowest BCUT2D eigenvalue weighted by Gasteiger charge is -2.18. The fourth-order valence-electron chi connectivity index (χ4n) is 2.43. The van der Waals surface area contributed by atoms with Gasteiger partial charge in [-0.15, -0.1) is 11.3 Å².